The van der Waals surface area contributed by atoms with Crippen molar-refractivity contribution < 1.29 is 105 Å². The topological polar surface area (TPSA) is 324 Å². The molecule has 8 N–H and O–H groups in total. The van der Waals surface area contributed by atoms with E-state index in [9.17, 15) is 43.2 Å². The molecule has 0 aliphatic rings. The third-order valence-electron chi connectivity index (χ3n) is 13.8. The number of carbonyl (C=O) groups excluding carboxylic acids is 9. The molecule has 0 saturated carbocycles. The van der Waals surface area contributed by atoms with Crippen LogP contribution in [0.25, 0.3) is 0 Å². The Kier molecular flexibility index (Phi) is 51.3. The molecule has 0 unspecified atom stereocenters. The Labute approximate surface area is 638 Å². The van der Waals surface area contributed by atoms with Crippen LogP contribution in [0.4, 0.5) is 14.4 Å². The minimum Gasteiger partial charge on any atom is -1.00 e. The monoisotopic (exact) mass is 1520 g/mol. The number of amides is 1. The molecule has 0 aromatic heterocycles. The Balaban J connectivity index is 0. The maximum Gasteiger partial charge on any atom is 0.519 e. The summed E-state index contributed by atoms with van der Waals surface area (Å²) in [6.45, 7) is 26.0. The number of rotatable bonds is 28. The number of carbonyl (C=O) groups is 9. The first-order chi connectivity index (χ1) is 48.8. The number of alkyl carbamates (subject to hydrolysis) is 1. The molecule has 0 bridgehead atoms. The van der Waals surface area contributed by atoms with Gasteiger partial charge in [0.25, 0.3) is 0 Å². The Morgan fingerprint density at radius 3 is 1.07 bits per heavy atom. The summed E-state index contributed by atoms with van der Waals surface area (Å²) in [7, 11) is 0. The minimum absolute atomic E-state index is 0. The third kappa shape index (κ3) is 44.6. The van der Waals surface area contributed by atoms with Crippen molar-refractivity contribution in [1.29, 1.82) is 0 Å². The average molecular weight is 1520 g/mol. The lowest BCUT2D eigenvalue weighted by atomic mass is 9.96. The molecule has 24 heteroatoms. The van der Waals surface area contributed by atoms with Crippen molar-refractivity contribution in [3.05, 3.63) is 214 Å². The lowest BCUT2D eigenvalue weighted by molar-refractivity contribution is -0.369. The quantitative estimate of drug-likeness (QED) is 0.00761. The van der Waals surface area contributed by atoms with E-state index in [-0.39, 0.29) is 73.3 Å². The number of esters is 3. The van der Waals surface area contributed by atoms with Gasteiger partial charge in [-0.25, -0.2) is 14.4 Å². The van der Waals surface area contributed by atoms with Crippen molar-refractivity contribution in [3.63, 3.8) is 0 Å². The van der Waals surface area contributed by atoms with Crippen molar-refractivity contribution in [2.45, 2.75) is 176 Å². The Morgan fingerprint density at radius 1 is 0.467 bits per heavy atom. The van der Waals surface area contributed by atoms with Gasteiger partial charge in [-0.3, -0.25) is 28.8 Å². The van der Waals surface area contributed by atoms with E-state index in [4.69, 9.17) is 56.6 Å². The van der Waals surface area contributed by atoms with E-state index in [1.54, 1.807) is 186 Å². The van der Waals surface area contributed by atoms with Crippen molar-refractivity contribution in [3.8, 4) is 0 Å². The fourth-order valence-electron chi connectivity index (χ4n) is 8.29. The van der Waals surface area contributed by atoms with Crippen LogP contribution in [-0.4, -0.2) is 139 Å². The number of ether oxygens (including phenoxy) is 7. The molecule has 6 aromatic carbocycles. The van der Waals surface area contributed by atoms with Crippen LogP contribution in [0, 0.1) is 0 Å². The fraction of sp³-hybridized carbons (Fsp3) is 0.432. The number of unbranched alkanes of at least 4 members (excludes halogenated alkanes) is 3. The molecule has 0 heterocycles. The normalized spacial score (nSPS) is 11.2. The number of nitrogens with one attached hydrogen (secondary N) is 1. The number of benzene rings is 6. The lowest BCUT2D eigenvalue weighted by Crippen LogP contribution is -3.00. The van der Waals surface area contributed by atoms with Crippen LogP contribution in [0.2, 0.25) is 0 Å². The van der Waals surface area contributed by atoms with Crippen LogP contribution in [0.3, 0.4) is 0 Å². The number of ketones is 3. The first-order valence-electron chi connectivity index (χ1n) is 34.6. The van der Waals surface area contributed by atoms with Gasteiger partial charge in [-0.2, -0.15) is 0 Å². The second-order valence-corrected chi connectivity index (χ2v) is 26.6. The maximum atomic E-state index is 12.6. The standard InChI is InChI=1S/C24H29NO5.C21H22O3S.C19H21NO3.C10H18O5.C4H10O.C3H9NO.2ClH/c1-17(22(27)29-15-9-14-25-23(28)30-24(2,3)4)19-12-8-13-20(16-19)21(26)18-10-6-5-7-11-18;1-16(21(23)24-13-6-3-7-14-25)18-11-8-12-19(15-18)20(22)17-9-4-2-5-10-17;1-14(19(22)23-12-6-11-20)16-9-5-10-17(13-16)18(21)15-7-3-2-4-8-15;1-9(2,3)14-7(11)13-8(12)15-10(4,5)6;1-2-3-4-5;4-2-1-3-5;;/h5-8,10-13,16-17H,9,14-15H2,1-4H3,(H,25,28);2,4-5,8-12,14-16H,3,6-7,13H2,1H3;2-5,7-10,13-14H,6,11-12,20H2,1H3;1-6H3;5H,2-4H2,1H3;5H,1-4H2;2*1H/t17-;16-;14-;;;;;/m111...../s1. The zero-order valence-electron chi connectivity index (χ0n) is 63.1. The van der Waals surface area contributed by atoms with E-state index in [2.05, 4.69) is 22.7 Å². The molecule has 0 radical (unpaired) electrons. The smallest absolute Gasteiger partial charge is 0.519 e. The van der Waals surface area contributed by atoms with Crippen LogP contribution in [0.15, 0.2) is 164 Å². The average Bonchev–Trinajstić information content (AvgIpc) is 0.846. The predicted octanol–water partition coefficient (Wildman–Crippen LogP) is 11.8. The number of halogens is 2. The lowest BCUT2D eigenvalue weighted by Gasteiger charge is -2.20. The molecule has 21 nitrogen and oxygen atoms in total. The highest BCUT2D eigenvalue weighted by atomic mass is 35.5. The highest BCUT2D eigenvalue weighted by Gasteiger charge is 2.26. The Bertz CT molecular complexity index is 3470. The van der Waals surface area contributed by atoms with Gasteiger partial charge in [-0.05, 0) is 168 Å². The first-order valence-corrected chi connectivity index (χ1v) is 35.1. The molecule has 0 fully saturated rings. The van der Waals surface area contributed by atoms with Crippen molar-refractivity contribution in [2.24, 2.45) is 5.73 Å². The molecule has 578 valence electrons. The number of aliphatic hydroxyl groups is 2. The van der Waals surface area contributed by atoms with E-state index in [0.29, 0.717) is 78.3 Å². The minimum atomic E-state index is -1.06. The second-order valence-electron chi connectivity index (χ2n) is 26.3. The van der Waals surface area contributed by atoms with Gasteiger partial charge in [0, 0.05) is 59.6 Å². The number of hydrogen-bond acceptors (Lipinski definition) is 20. The van der Waals surface area contributed by atoms with Gasteiger partial charge in [0.15, 0.2) is 17.3 Å². The number of hydrogen-bond donors (Lipinski definition) is 5. The Hall–Kier alpha value is -8.74. The van der Waals surface area contributed by atoms with E-state index in [1.165, 1.54) is 0 Å². The molecule has 0 spiro atoms. The number of quaternary nitrogens is 1. The largest absolute Gasteiger partial charge is 1.00 e. The van der Waals surface area contributed by atoms with Gasteiger partial charge in [-0.1, -0.05) is 171 Å². The first kappa shape index (κ1) is 98.3. The molecule has 3 atom stereocenters. The van der Waals surface area contributed by atoms with E-state index in [1.807, 2.05) is 66.7 Å². The molecule has 0 aliphatic heterocycles. The van der Waals surface area contributed by atoms with Crippen LogP contribution >= 0.6 is 24.6 Å². The third-order valence-corrected chi connectivity index (χ3v) is 14.0. The van der Waals surface area contributed by atoms with Crippen LogP contribution < -0.4 is 29.2 Å². The summed E-state index contributed by atoms with van der Waals surface area (Å²) in [4.78, 5) is 108. The molecule has 6 rings (SSSR count). The summed E-state index contributed by atoms with van der Waals surface area (Å²) in [5.41, 5.74) is 12.6. The SMILES string of the molecule is CC(C)(C)OC(=O)OC(=O)OC(C)(C)C.CCCCO.C[C@@H](C(=O)OCCCCC=S)c1cccc(C(=O)c2ccccc2)c1.C[C@@H](C(=O)OCCCNC(=O)OC(C)(C)C)c1cccc(C(=O)c2ccccc2)c1.C[C@@H](C(=O)OCCC[NH3+])c1cccc(C(=O)c2ccccc2)c1.Cl.NCCCO.[Cl-]. The van der Waals surface area contributed by atoms with Crippen molar-refractivity contribution >= 4 is 83.7 Å². The zero-order valence-corrected chi connectivity index (χ0v) is 65.5. The number of aliphatic hydroxyl groups excluding tert-OH is 2. The summed E-state index contributed by atoms with van der Waals surface area (Å²) in [6.07, 6.45) is 3.96. The second kappa shape index (κ2) is 54.8. The Morgan fingerprint density at radius 2 is 0.790 bits per heavy atom. The highest BCUT2D eigenvalue weighted by Crippen LogP contribution is 2.24. The summed E-state index contributed by atoms with van der Waals surface area (Å²) in [5.74, 6) is -2.43. The molecular formula is C81H111Cl2N3O18S. The van der Waals surface area contributed by atoms with Crippen LogP contribution in [0.1, 0.15) is 224 Å². The van der Waals surface area contributed by atoms with Gasteiger partial charge in [0.2, 0.25) is 0 Å². The van der Waals surface area contributed by atoms with E-state index >= 15 is 0 Å². The fourth-order valence-corrected chi connectivity index (χ4v) is 8.45. The van der Waals surface area contributed by atoms with Crippen LogP contribution in [-0.2, 0) is 47.5 Å². The summed E-state index contributed by atoms with van der Waals surface area (Å²) in [6, 6.07) is 48.6. The zero-order chi connectivity index (χ0) is 77.4. The maximum absolute atomic E-state index is 12.6. The van der Waals surface area contributed by atoms with Crippen LogP contribution in [0.5, 0.6) is 0 Å². The molecule has 0 aliphatic carbocycles. The number of nitrogens with two attached hydrogens (primary N) is 1. The summed E-state index contributed by atoms with van der Waals surface area (Å²) < 4.78 is 34.8. The van der Waals surface area contributed by atoms with Crippen molar-refractivity contribution in [1.82, 2.24) is 5.32 Å². The predicted molar refractivity (Wildman–Crippen MR) is 409 cm³/mol. The molecular weight excluding hydrogens is 1410 g/mol. The molecule has 0 saturated heterocycles. The van der Waals surface area contributed by atoms with Gasteiger partial charge in [-0.15, -0.1) is 12.4 Å². The molecule has 6 aromatic rings. The van der Waals surface area contributed by atoms with Gasteiger partial charge < -0.3 is 72.6 Å². The van der Waals surface area contributed by atoms with Crippen molar-refractivity contribution in [2.75, 3.05) is 52.7 Å². The van der Waals surface area contributed by atoms with E-state index < -0.39 is 53.0 Å². The summed E-state index contributed by atoms with van der Waals surface area (Å²) in [5, 5.41) is 20.4. The van der Waals surface area contributed by atoms with E-state index in [0.717, 1.165) is 62.6 Å². The summed E-state index contributed by atoms with van der Waals surface area (Å²) >= 11 is 4.77. The molecule has 105 heavy (non-hydrogen) atoms. The van der Waals surface area contributed by atoms with Gasteiger partial charge in [0.1, 0.15) is 16.8 Å². The molecule has 1 amide bonds. The van der Waals surface area contributed by atoms with Gasteiger partial charge in [0.05, 0.1) is 44.1 Å². The number of thiocarbonyl (C=S) groups is 1. The van der Waals surface area contributed by atoms with Gasteiger partial charge >= 0.3 is 36.3 Å². The highest BCUT2D eigenvalue weighted by molar-refractivity contribution is 7.78.